The van der Waals surface area contributed by atoms with Crippen molar-refractivity contribution in [1.82, 2.24) is 4.98 Å². The second kappa shape index (κ2) is 7.69. The summed E-state index contributed by atoms with van der Waals surface area (Å²) in [6.45, 7) is 21.1. The van der Waals surface area contributed by atoms with Crippen LogP contribution in [-0.4, -0.2) is 4.98 Å². The molecule has 0 bridgehead atoms. The Morgan fingerprint density at radius 1 is 0.784 bits per heavy atom. The Morgan fingerprint density at radius 3 is 2.11 bits per heavy atom. The summed E-state index contributed by atoms with van der Waals surface area (Å²) in [7, 11) is 0. The molecule has 1 aliphatic rings. The largest absolute Gasteiger partial charge is 0.453 e. The van der Waals surface area contributed by atoms with Gasteiger partial charge in [0.15, 0.2) is 5.58 Å². The van der Waals surface area contributed by atoms with Crippen molar-refractivity contribution in [3.63, 3.8) is 0 Å². The monoisotopic (exact) mass is 489 g/mol. The van der Waals surface area contributed by atoms with Crippen LogP contribution in [0.5, 0.6) is 0 Å². The van der Waals surface area contributed by atoms with Crippen LogP contribution >= 0.6 is 0 Å². The van der Waals surface area contributed by atoms with Gasteiger partial charge in [0.05, 0.1) is 0 Å². The van der Waals surface area contributed by atoms with Crippen LogP contribution in [0.25, 0.3) is 44.0 Å². The molecule has 1 aliphatic carbocycles. The number of fused-ring (bicyclic) bond motifs is 5. The van der Waals surface area contributed by atoms with Gasteiger partial charge in [-0.1, -0.05) is 72.7 Å². The standard InChI is InChI=1S/C35H39NO/c1-20-27-25-14-17-36-30(23-18-22-12-10-11-13-24(22)26(19-23)33(3,4)5)32(25)37-31(27)21(2)29-28(20)34(6,7)15-16-35(29,8)9/h10-14,17-19H,15-16H2,1-9H3. The molecule has 2 heteroatoms. The minimum atomic E-state index is 0.0147. The molecule has 0 aliphatic heterocycles. The van der Waals surface area contributed by atoms with Gasteiger partial charge in [0, 0.05) is 22.5 Å². The molecule has 2 heterocycles. The maximum atomic E-state index is 6.85. The number of aryl methyl sites for hydroxylation is 2. The molecule has 2 nitrogen and oxygen atoms in total. The van der Waals surface area contributed by atoms with Gasteiger partial charge in [0.25, 0.3) is 0 Å². The third-order valence-electron chi connectivity index (χ3n) is 8.99. The van der Waals surface area contributed by atoms with Crippen molar-refractivity contribution < 1.29 is 4.42 Å². The van der Waals surface area contributed by atoms with Gasteiger partial charge in [-0.15, -0.1) is 0 Å². The van der Waals surface area contributed by atoms with E-state index in [-0.39, 0.29) is 16.2 Å². The first kappa shape index (κ1) is 24.2. The number of furan rings is 1. The van der Waals surface area contributed by atoms with Gasteiger partial charge >= 0.3 is 0 Å². The molecule has 0 saturated carbocycles. The van der Waals surface area contributed by atoms with Crippen LogP contribution in [0.15, 0.2) is 53.1 Å². The Morgan fingerprint density at radius 2 is 1.43 bits per heavy atom. The van der Waals surface area contributed by atoms with Gasteiger partial charge in [-0.2, -0.15) is 0 Å². The zero-order valence-corrected chi connectivity index (χ0v) is 23.9. The van der Waals surface area contributed by atoms with E-state index >= 15 is 0 Å². The van der Waals surface area contributed by atoms with Crippen LogP contribution in [0.2, 0.25) is 0 Å². The number of nitrogens with zero attached hydrogens (tertiary/aromatic N) is 1. The molecule has 0 saturated heterocycles. The fourth-order valence-corrected chi connectivity index (χ4v) is 7.11. The van der Waals surface area contributed by atoms with Crippen LogP contribution in [0.4, 0.5) is 0 Å². The average molecular weight is 490 g/mol. The summed E-state index contributed by atoms with van der Waals surface area (Å²) in [4.78, 5) is 4.92. The van der Waals surface area contributed by atoms with E-state index in [1.807, 2.05) is 6.20 Å². The number of pyridine rings is 1. The lowest BCUT2D eigenvalue weighted by atomic mass is 9.60. The van der Waals surface area contributed by atoms with E-state index in [2.05, 4.69) is 105 Å². The molecule has 0 unspecified atom stereocenters. The molecule has 6 rings (SSSR count). The van der Waals surface area contributed by atoms with E-state index in [9.17, 15) is 0 Å². The maximum Gasteiger partial charge on any atom is 0.161 e. The number of benzene rings is 3. The number of aromatic nitrogens is 1. The highest BCUT2D eigenvalue weighted by Gasteiger charge is 2.41. The highest BCUT2D eigenvalue weighted by Crippen LogP contribution is 2.52. The molecule has 37 heavy (non-hydrogen) atoms. The van der Waals surface area contributed by atoms with Crippen LogP contribution in [0.1, 0.15) is 89.1 Å². The topological polar surface area (TPSA) is 26.0 Å². The molecular formula is C35H39NO. The van der Waals surface area contributed by atoms with Crippen molar-refractivity contribution in [2.45, 2.75) is 91.4 Å². The van der Waals surface area contributed by atoms with Crippen LogP contribution < -0.4 is 0 Å². The SMILES string of the molecule is Cc1c2c(c(C)c3c1oc1c(-c4cc(C(C)(C)C)c5ccccc5c4)nccc13)C(C)(C)CCC2(C)C. The molecule has 5 aromatic rings. The summed E-state index contributed by atoms with van der Waals surface area (Å²) in [5, 5.41) is 4.98. The fraction of sp³-hybridized carbons (Fsp3) is 0.400. The summed E-state index contributed by atoms with van der Waals surface area (Å²) >= 11 is 0. The molecule has 0 amide bonds. The normalized spacial score (nSPS) is 17.0. The Bertz CT molecular complexity index is 1720. The summed E-state index contributed by atoms with van der Waals surface area (Å²) in [5.74, 6) is 0. The lowest BCUT2D eigenvalue weighted by Crippen LogP contribution is -2.35. The maximum absolute atomic E-state index is 6.85. The van der Waals surface area contributed by atoms with E-state index in [4.69, 9.17) is 9.40 Å². The van der Waals surface area contributed by atoms with E-state index in [0.29, 0.717) is 0 Å². The predicted octanol–water partition coefficient (Wildman–Crippen LogP) is 10.1. The third-order valence-corrected chi connectivity index (χ3v) is 8.99. The minimum absolute atomic E-state index is 0.0147. The number of hydrogen-bond donors (Lipinski definition) is 0. The Balaban J connectivity index is 1.72. The van der Waals surface area contributed by atoms with Gasteiger partial charge in [-0.25, -0.2) is 0 Å². The summed E-state index contributed by atoms with van der Waals surface area (Å²) in [6.07, 6.45) is 4.36. The number of hydrogen-bond acceptors (Lipinski definition) is 2. The molecule has 0 atom stereocenters. The second-order valence-corrected chi connectivity index (χ2v) is 13.6. The zero-order valence-electron chi connectivity index (χ0n) is 23.9. The predicted molar refractivity (Wildman–Crippen MR) is 158 cm³/mol. The second-order valence-electron chi connectivity index (χ2n) is 13.6. The van der Waals surface area contributed by atoms with Crippen molar-refractivity contribution >= 4 is 32.7 Å². The van der Waals surface area contributed by atoms with Crippen molar-refractivity contribution in [3.8, 4) is 11.3 Å². The van der Waals surface area contributed by atoms with Crippen molar-refractivity contribution in [2.24, 2.45) is 0 Å². The first-order chi connectivity index (χ1) is 17.3. The molecule has 190 valence electrons. The van der Waals surface area contributed by atoms with Crippen molar-refractivity contribution in [3.05, 3.63) is 76.5 Å². The molecule has 0 N–H and O–H groups in total. The Labute approximate surface area is 221 Å². The molecule has 3 aromatic carbocycles. The summed E-state index contributed by atoms with van der Waals surface area (Å²) in [5.41, 5.74) is 11.3. The van der Waals surface area contributed by atoms with Crippen LogP contribution in [0, 0.1) is 13.8 Å². The Kier molecular flexibility index (Phi) is 5.04. The summed E-state index contributed by atoms with van der Waals surface area (Å²) < 4.78 is 6.85. The van der Waals surface area contributed by atoms with E-state index in [1.165, 1.54) is 62.2 Å². The van der Waals surface area contributed by atoms with Gasteiger partial charge in [-0.3, -0.25) is 4.98 Å². The molecule has 0 spiro atoms. The molecule has 2 aromatic heterocycles. The van der Waals surface area contributed by atoms with Gasteiger partial charge in [0.2, 0.25) is 0 Å². The quantitative estimate of drug-likeness (QED) is 0.234. The van der Waals surface area contributed by atoms with Crippen LogP contribution in [0.3, 0.4) is 0 Å². The third kappa shape index (κ3) is 3.48. The average Bonchev–Trinajstić information content (AvgIpc) is 3.23. The Hall–Kier alpha value is -3.13. The molecule has 0 fully saturated rings. The number of rotatable bonds is 1. The molecular weight excluding hydrogens is 450 g/mol. The van der Waals surface area contributed by atoms with Gasteiger partial charge in [0.1, 0.15) is 11.3 Å². The van der Waals surface area contributed by atoms with Gasteiger partial charge < -0.3 is 4.42 Å². The first-order valence-electron chi connectivity index (χ1n) is 13.7. The van der Waals surface area contributed by atoms with E-state index in [0.717, 1.165) is 22.4 Å². The molecule has 0 radical (unpaired) electrons. The first-order valence-corrected chi connectivity index (χ1v) is 13.7. The van der Waals surface area contributed by atoms with Crippen molar-refractivity contribution in [1.29, 1.82) is 0 Å². The lowest BCUT2D eigenvalue weighted by Gasteiger charge is -2.44. The summed E-state index contributed by atoms with van der Waals surface area (Å²) in [6, 6.07) is 15.4. The zero-order chi connectivity index (χ0) is 26.5. The van der Waals surface area contributed by atoms with E-state index < -0.39 is 0 Å². The highest BCUT2D eigenvalue weighted by molar-refractivity contribution is 6.12. The smallest absolute Gasteiger partial charge is 0.161 e. The van der Waals surface area contributed by atoms with Crippen LogP contribution in [-0.2, 0) is 16.2 Å². The minimum Gasteiger partial charge on any atom is -0.453 e. The van der Waals surface area contributed by atoms with Gasteiger partial charge in [-0.05, 0) is 99.7 Å². The fourth-order valence-electron chi connectivity index (χ4n) is 7.11. The highest BCUT2D eigenvalue weighted by atomic mass is 16.3. The lowest BCUT2D eigenvalue weighted by molar-refractivity contribution is 0.329. The van der Waals surface area contributed by atoms with Crippen molar-refractivity contribution in [2.75, 3.05) is 0 Å². The van der Waals surface area contributed by atoms with E-state index in [1.54, 1.807) is 0 Å².